The first-order valence-corrected chi connectivity index (χ1v) is 5.57. The molecule has 2 N–H and O–H groups in total. The van der Waals surface area contributed by atoms with Crippen molar-refractivity contribution in [1.29, 1.82) is 0 Å². The third-order valence-electron chi connectivity index (χ3n) is 2.50. The molecular formula is C12H19ClN2O. The third kappa shape index (κ3) is 3.11. The van der Waals surface area contributed by atoms with E-state index < -0.39 is 0 Å². The van der Waals surface area contributed by atoms with Gasteiger partial charge in [-0.2, -0.15) is 0 Å². The number of likely N-dealkylation sites (N-methyl/N-ethyl adjacent to an activating group) is 1. The van der Waals surface area contributed by atoms with Crippen LogP contribution in [0.15, 0.2) is 12.1 Å². The zero-order valence-electron chi connectivity index (χ0n) is 10.2. The number of methoxy groups -OCH3 is 1. The minimum Gasteiger partial charge on any atom is -0.495 e. The van der Waals surface area contributed by atoms with Crippen molar-refractivity contribution in [3.8, 4) is 5.75 Å². The summed E-state index contributed by atoms with van der Waals surface area (Å²) in [5, 5.41) is 0.609. The van der Waals surface area contributed by atoms with Crippen molar-refractivity contribution in [1.82, 2.24) is 4.90 Å². The van der Waals surface area contributed by atoms with E-state index >= 15 is 0 Å². The summed E-state index contributed by atoms with van der Waals surface area (Å²) in [6, 6.07) is 3.79. The highest BCUT2D eigenvalue weighted by molar-refractivity contribution is 6.32. The van der Waals surface area contributed by atoms with E-state index in [1.807, 2.05) is 33.2 Å². The van der Waals surface area contributed by atoms with Crippen LogP contribution in [0.2, 0.25) is 5.02 Å². The van der Waals surface area contributed by atoms with E-state index in [4.69, 9.17) is 22.1 Å². The highest BCUT2D eigenvalue weighted by Crippen LogP contribution is 2.30. The maximum Gasteiger partial charge on any atom is 0.137 e. The van der Waals surface area contributed by atoms with Crippen LogP contribution in [-0.2, 0) is 0 Å². The minimum atomic E-state index is -0.0293. The third-order valence-corrected chi connectivity index (χ3v) is 2.80. The predicted octanol–water partition coefficient (Wildman–Crippen LogP) is 2.22. The lowest BCUT2D eigenvalue weighted by atomic mass is 10.0. The molecule has 3 nitrogen and oxygen atoms in total. The fourth-order valence-corrected chi connectivity index (χ4v) is 1.97. The zero-order valence-corrected chi connectivity index (χ0v) is 11.0. The molecule has 0 amide bonds. The fraction of sp³-hybridized carbons (Fsp3) is 0.500. The van der Waals surface area contributed by atoms with Gasteiger partial charge < -0.3 is 15.4 Å². The van der Waals surface area contributed by atoms with Gasteiger partial charge in [0.1, 0.15) is 5.75 Å². The summed E-state index contributed by atoms with van der Waals surface area (Å²) < 4.78 is 5.16. The Hall–Kier alpha value is -0.770. The van der Waals surface area contributed by atoms with Crippen molar-refractivity contribution in [2.45, 2.75) is 13.0 Å². The molecule has 0 saturated heterocycles. The van der Waals surface area contributed by atoms with E-state index in [1.165, 1.54) is 0 Å². The van der Waals surface area contributed by atoms with E-state index in [9.17, 15) is 0 Å². The second kappa shape index (κ2) is 5.53. The number of rotatable bonds is 4. The van der Waals surface area contributed by atoms with Gasteiger partial charge in [0.2, 0.25) is 0 Å². The number of hydrogen-bond acceptors (Lipinski definition) is 3. The Morgan fingerprint density at radius 3 is 2.56 bits per heavy atom. The normalized spacial score (nSPS) is 12.9. The molecule has 1 unspecified atom stereocenters. The highest BCUT2D eigenvalue weighted by atomic mass is 35.5. The first kappa shape index (κ1) is 13.3. The van der Waals surface area contributed by atoms with Gasteiger partial charge in [0, 0.05) is 12.6 Å². The van der Waals surface area contributed by atoms with Crippen molar-refractivity contribution >= 4 is 11.6 Å². The molecule has 0 aliphatic rings. The van der Waals surface area contributed by atoms with Gasteiger partial charge in [0.25, 0.3) is 0 Å². The molecule has 4 heteroatoms. The fourth-order valence-electron chi connectivity index (χ4n) is 1.72. The molecule has 90 valence electrons. The number of halogens is 1. The van der Waals surface area contributed by atoms with Crippen molar-refractivity contribution < 1.29 is 4.74 Å². The molecule has 1 aromatic rings. The Kier molecular flexibility index (Phi) is 4.59. The zero-order chi connectivity index (χ0) is 12.3. The second-order valence-corrected chi connectivity index (χ2v) is 4.62. The first-order valence-electron chi connectivity index (χ1n) is 5.20. The van der Waals surface area contributed by atoms with Gasteiger partial charge >= 0.3 is 0 Å². The van der Waals surface area contributed by atoms with Crippen LogP contribution in [0.4, 0.5) is 0 Å². The van der Waals surface area contributed by atoms with Gasteiger partial charge in [0.05, 0.1) is 12.1 Å². The Morgan fingerprint density at radius 2 is 2.06 bits per heavy atom. The summed E-state index contributed by atoms with van der Waals surface area (Å²) in [6.45, 7) is 2.81. The average molecular weight is 243 g/mol. The molecule has 16 heavy (non-hydrogen) atoms. The monoisotopic (exact) mass is 242 g/mol. The lowest BCUT2D eigenvalue weighted by Crippen LogP contribution is -2.26. The van der Waals surface area contributed by atoms with Gasteiger partial charge in [-0.15, -0.1) is 0 Å². The van der Waals surface area contributed by atoms with Crippen LogP contribution in [0.25, 0.3) is 0 Å². The SMILES string of the molecule is COc1cc(C)c(C(N)CN(C)C)cc1Cl. The number of aryl methyl sites for hydroxylation is 1. The van der Waals surface area contributed by atoms with E-state index in [0.29, 0.717) is 10.8 Å². The minimum absolute atomic E-state index is 0.0293. The number of nitrogens with zero attached hydrogens (tertiary/aromatic N) is 1. The summed E-state index contributed by atoms with van der Waals surface area (Å²) in [5.41, 5.74) is 8.29. The highest BCUT2D eigenvalue weighted by Gasteiger charge is 2.13. The number of benzene rings is 1. The number of nitrogens with two attached hydrogens (primary N) is 1. The Morgan fingerprint density at radius 1 is 1.44 bits per heavy atom. The average Bonchev–Trinajstić information content (AvgIpc) is 2.19. The van der Waals surface area contributed by atoms with E-state index in [1.54, 1.807) is 7.11 Å². The summed E-state index contributed by atoms with van der Waals surface area (Å²) in [6.07, 6.45) is 0. The van der Waals surface area contributed by atoms with Crippen LogP contribution in [0.3, 0.4) is 0 Å². The molecule has 0 spiro atoms. The molecule has 1 aromatic carbocycles. The van der Waals surface area contributed by atoms with Crippen molar-refractivity contribution in [2.24, 2.45) is 5.73 Å². The first-order chi connectivity index (χ1) is 7.45. The van der Waals surface area contributed by atoms with Crippen LogP contribution < -0.4 is 10.5 Å². The van der Waals surface area contributed by atoms with E-state index in [0.717, 1.165) is 17.7 Å². The summed E-state index contributed by atoms with van der Waals surface area (Å²) in [5.74, 6) is 0.694. The van der Waals surface area contributed by atoms with Crippen LogP contribution in [0.1, 0.15) is 17.2 Å². The Bertz CT molecular complexity index is 366. The Labute approximate surface area is 102 Å². The smallest absolute Gasteiger partial charge is 0.137 e. The number of hydrogen-bond donors (Lipinski definition) is 1. The molecule has 0 fully saturated rings. The maximum atomic E-state index is 6.12. The van der Waals surface area contributed by atoms with Gasteiger partial charge in [-0.3, -0.25) is 0 Å². The molecule has 0 aromatic heterocycles. The van der Waals surface area contributed by atoms with Crippen LogP contribution in [0.5, 0.6) is 5.75 Å². The molecular weight excluding hydrogens is 224 g/mol. The molecule has 0 saturated carbocycles. The molecule has 1 rings (SSSR count). The van der Waals surface area contributed by atoms with Crippen LogP contribution in [-0.4, -0.2) is 32.6 Å². The van der Waals surface area contributed by atoms with E-state index in [2.05, 4.69) is 4.90 Å². The van der Waals surface area contributed by atoms with Gasteiger partial charge in [-0.05, 0) is 44.3 Å². The quantitative estimate of drug-likeness (QED) is 0.880. The largest absolute Gasteiger partial charge is 0.495 e. The molecule has 0 heterocycles. The topological polar surface area (TPSA) is 38.5 Å². The van der Waals surface area contributed by atoms with E-state index in [-0.39, 0.29) is 6.04 Å². The molecule has 0 bridgehead atoms. The summed E-state index contributed by atoms with van der Waals surface area (Å²) in [4.78, 5) is 2.06. The van der Waals surface area contributed by atoms with Gasteiger partial charge in [0.15, 0.2) is 0 Å². The van der Waals surface area contributed by atoms with Gasteiger partial charge in [-0.25, -0.2) is 0 Å². The number of ether oxygens (including phenoxy) is 1. The summed E-state index contributed by atoms with van der Waals surface area (Å²) >= 11 is 6.09. The maximum absolute atomic E-state index is 6.12. The van der Waals surface area contributed by atoms with Crippen molar-refractivity contribution in [3.05, 3.63) is 28.3 Å². The molecule has 1 atom stereocenters. The van der Waals surface area contributed by atoms with Gasteiger partial charge in [-0.1, -0.05) is 11.6 Å². The molecule has 0 radical (unpaired) electrons. The lowest BCUT2D eigenvalue weighted by molar-refractivity contribution is 0.375. The van der Waals surface area contributed by atoms with Crippen LogP contribution in [0, 0.1) is 6.92 Å². The summed E-state index contributed by atoms with van der Waals surface area (Å²) in [7, 11) is 5.61. The standard InChI is InChI=1S/C12H19ClN2O/c1-8-5-12(16-4)10(13)6-9(8)11(14)7-15(2)3/h5-6,11H,7,14H2,1-4H3. The predicted molar refractivity (Wildman–Crippen MR) is 68.2 cm³/mol. The van der Waals surface area contributed by atoms with Crippen molar-refractivity contribution in [3.63, 3.8) is 0 Å². The molecule has 0 aliphatic carbocycles. The Balaban J connectivity index is 3.01. The van der Waals surface area contributed by atoms with Crippen molar-refractivity contribution in [2.75, 3.05) is 27.7 Å². The lowest BCUT2D eigenvalue weighted by Gasteiger charge is -2.20. The van der Waals surface area contributed by atoms with Crippen LogP contribution >= 0.6 is 11.6 Å². The molecule has 0 aliphatic heterocycles. The second-order valence-electron chi connectivity index (χ2n) is 4.21.